The number of nitrogens with zero attached hydrogens (tertiary/aromatic N) is 4. The van der Waals surface area contributed by atoms with E-state index < -0.39 is 0 Å². The molecule has 0 radical (unpaired) electrons. The van der Waals surface area contributed by atoms with Crippen LogP contribution >= 0.6 is 0 Å². The lowest BCUT2D eigenvalue weighted by Crippen LogP contribution is -1.93. The van der Waals surface area contributed by atoms with Crippen molar-refractivity contribution in [2.24, 2.45) is 20.5 Å². The standard InChI is InChI=1S/C42H48FN5O/c1-4-5-6-7-8-9-10-11-12-13-17-32-22-25-35(26-23-32)44-38-27-24-33-18-14-15-21-37(33)42(38)48-47-40-28-31(2)39(30-41(40)49-3)46-45-36-20-16-19-34(43)29-36/h14-16,18-30,44H,4-13,17H2,1-3H3. The summed E-state index contributed by atoms with van der Waals surface area (Å²) in [6, 6.07) is 30.7. The van der Waals surface area contributed by atoms with E-state index in [1.54, 1.807) is 25.3 Å². The molecular formula is C42H48FN5O. The Morgan fingerprint density at radius 1 is 0.653 bits per heavy atom. The molecule has 0 heterocycles. The van der Waals surface area contributed by atoms with Gasteiger partial charge in [0.05, 0.1) is 24.2 Å². The quantitative estimate of drug-likeness (QED) is 0.0752. The van der Waals surface area contributed by atoms with Gasteiger partial charge >= 0.3 is 0 Å². The molecule has 5 rings (SSSR count). The Morgan fingerprint density at radius 3 is 2.10 bits per heavy atom. The first-order valence-electron chi connectivity index (χ1n) is 17.7. The number of nitrogens with one attached hydrogen (secondary N) is 1. The molecule has 6 nitrogen and oxygen atoms in total. The maximum Gasteiger partial charge on any atom is 0.148 e. The van der Waals surface area contributed by atoms with Crippen LogP contribution in [0.25, 0.3) is 10.8 Å². The first kappa shape index (κ1) is 35.4. The number of ether oxygens (including phenoxy) is 1. The first-order chi connectivity index (χ1) is 24.0. The molecule has 0 aromatic heterocycles. The molecule has 0 bridgehead atoms. The van der Waals surface area contributed by atoms with Gasteiger partial charge < -0.3 is 10.1 Å². The van der Waals surface area contributed by atoms with Gasteiger partial charge in [0.15, 0.2) is 0 Å². The highest BCUT2D eigenvalue weighted by molar-refractivity contribution is 5.99. The van der Waals surface area contributed by atoms with E-state index in [0.717, 1.165) is 39.8 Å². The molecule has 5 aromatic carbocycles. The van der Waals surface area contributed by atoms with Crippen LogP contribution in [0.1, 0.15) is 82.3 Å². The minimum absolute atomic E-state index is 0.361. The van der Waals surface area contributed by atoms with Gasteiger partial charge in [0.25, 0.3) is 0 Å². The van der Waals surface area contributed by atoms with Crippen molar-refractivity contribution in [1.82, 2.24) is 0 Å². The summed E-state index contributed by atoms with van der Waals surface area (Å²) in [5.74, 6) is 0.149. The second-order valence-electron chi connectivity index (χ2n) is 12.6. The summed E-state index contributed by atoms with van der Waals surface area (Å²) in [5.41, 5.74) is 6.41. The summed E-state index contributed by atoms with van der Waals surface area (Å²) in [5, 5.41) is 23.6. The van der Waals surface area contributed by atoms with Crippen LogP contribution in [-0.2, 0) is 6.42 Å². The molecule has 0 aliphatic heterocycles. The lowest BCUT2D eigenvalue weighted by atomic mass is 10.0. The van der Waals surface area contributed by atoms with E-state index >= 15 is 0 Å². The van der Waals surface area contributed by atoms with Gasteiger partial charge in [0, 0.05) is 23.2 Å². The molecule has 0 saturated carbocycles. The topological polar surface area (TPSA) is 70.7 Å². The van der Waals surface area contributed by atoms with Crippen LogP contribution in [0.2, 0.25) is 0 Å². The third-order valence-corrected chi connectivity index (χ3v) is 8.79. The molecule has 7 heteroatoms. The zero-order chi connectivity index (χ0) is 34.3. The van der Waals surface area contributed by atoms with Crippen molar-refractivity contribution >= 4 is 44.9 Å². The number of hydrogen-bond donors (Lipinski definition) is 1. The largest absolute Gasteiger partial charge is 0.494 e. The zero-order valence-electron chi connectivity index (χ0n) is 29.1. The maximum absolute atomic E-state index is 13.6. The molecule has 5 aromatic rings. The van der Waals surface area contributed by atoms with Crippen LogP contribution in [-0.4, -0.2) is 7.11 Å². The Bertz CT molecular complexity index is 1850. The van der Waals surface area contributed by atoms with E-state index in [4.69, 9.17) is 9.85 Å². The van der Waals surface area contributed by atoms with Gasteiger partial charge in [0.1, 0.15) is 22.9 Å². The van der Waals surface area contributed by atoms with E-state index in [1.165, 1.54) is 81.9 Å². The highest BCUT2D eigenvalue weighted by Gasteiger charge is 2.12. The van der Waals surface area contributed by atoms with Crippen LogP contribution in [0.3, 0.4) is 0 Å². The number of unbranched alkanes of at least 4 members (excludes halogenated alkanes) is 9. The third-order valence-electron chi connectivity index (χ3n) is 8.79. The van der Waals surface area contributed by atoms with Gasteiger partial charge in [-0.05, 0) is 72.7 Å². The van der Waals surface area contributed by atoms with Crippen molar-refractivity contribution in [2.45, 2.75) is 84.5 Å². The van der Waals surface area contributed by atoms with Crippen molar-refractivity contribution in [3.63, 3.8) is 0 Å². The van der Waals surface area contributed by atoms with Crippen LogP contribution in [0.5, 0.6) is 5.75 Å². The monoisotopic (exact) mass is 657 g/mol. The lowest BCUT2D eigenvalue weighted by Gasteiger charge is -2.13. The van der Waals surface area contributed by atoms with Crippen molar-refractivity contribution in [2.75, 3.05) is 12.4 Å². The van der Waals surface area contributed by atoms with Crippen molar-refractivity contribution < 1.29 is 9.13 Å². The summed E-state index contributed by atoms with van der Waals surface area (Å²) in [6.07, 6.45) is 14.6. The molecule has 1 N–H and O–H groups in total. The molecule has 0 fully saturated rings. The molecule has 0 amide bonds. The normalized spacial score (nSPS) is 11.6. The van der Waals surface area contributed by atoms with Crippen LogP contribution in [0, 0.1) is 12.7 Å². The zero-order valence-corrected chi connectivity index (χ0v) is 29.1. The van der Waals surface area contributed by atoms with Gasteiger partial charge in [-0.15, -0.1) is 10.2 Å². The van der Waals surface area contributed by atoms with E-state index in [0.29, 0.717) is 22.8 Å². The van der Waals surface area contributed by atoms with E-state index in [-0.39, 0.29) is 5.82 Å². The van der Waals surface area contributed by atoms with Crippen molar-refractivity contribution in [3.05, 3.63) is 114 Å². The highest BCUT2D eigenvalue weighted by atomic mass is 19.1. The maximum atomic E-state index is 13.6. The van der Waals surface area contributed by atoms with E-state index in [2.05, 4.69) is 70.0 Å². The number of anilines is 2. The molecule has 254 valence electrons. The third kappa shape index (κ3) is 10.5. The smallest absolute Gasteiger partial charge is 0.148 e. The summed E-state index contributed by atoms with van der Waals surface area (Å²) < 4.78 is 19.3. The number of halogens is 1. The fourth-order valence-corrected chi connectivity index (χ4v) is 5.96. The number of aryl methyl sites for hydroxylation is 2. The number of benzene rings is 5. The summed E-state index contributed by atoms with van der Waals surface area (Å²) in [7, 11) is 1.59. The van der Waals surface area contributed by atoms with Crippen LogP contribution in [0.4, 0.5) is 38.5 Å². The Balaban J connectivity index is 1.26. The van der Waals surface area contributed by atoms with Crippen molar-refractivity contribution in [1.29, 1.82) is 0 Å². The second-order valence-corrected chi connectivity index (χ2v) is 12.6. The lowest BCUT2D eigenvalue weighted by molar-refractivity contribution is 0.416. The summed E-state index contributed by atoms with van der Waals surface area (Å²) in [6.45, 7) is 4.19. The van der Waals surface area contributed by atoms with Gasteiger partial charge in [-0.25, -0.2) is 4.39 Å². The first-order valence-corrected chi connectivity index (χ1v) is 17.7. The SMILES string of the molecule is CCCCCCCCCCCCc1ccc(Nc2ccc3ccccc3c2N=Nc2cc(C)c(N=Nc3cccc(F)c3)cc2OC)cc1. The number of azo groups is 2. The van der Waals surface area contributed by atoms with Gasteiger partial charge in [-0.1, -0.05) is 113 Å². The average molecular weight is 658 g/mol. The molecule has 0 unspecified atom stereocenters. The Morgan fingerprint density at radius 2 is 1.37 bits per heavy atom. The van der Waals surface area contributed by atoms with Crippen LogP contribution < -0.4 is 10.1 Å². The predicted octanol–water partition coefficient (Wildman–Crippen LogP) is 14.3. The molecule has 0 atom stereocenters. The fraction of sp³-hybridized carbons (Fsp3) is 0.333. The van der Waals surface area contributed by atoms with Gasteiger partial charge in [0.2, 0.25) is 0 Å². The Kier molecular flexibility index (Phi) is 13.4. The molecule has 0 spiro atoms. The highest BCUT2D eigenvalue weighted by Crippen LogP contribution is 2.40. The molecule has 49 heavy (non-hydrogen) atoms. The summed E-state index contributed by atoms with van der Waals surface area (Å²) in [4.78, 5) is 0. The number of methoxy groups -OCH3 is 1. The number of fused-ring (bicyclic) bond motifs is 1. The number of rotatable bonds is 18. The molecule has 0 saturated heterocycles. The summed E-state index contributed by atoms with van der Waals surface area (Å²) >= 11 is 0. The Hall–Kier alpha value is -4.91. The fourth-order valence-electron chi connectivity index (χ4n) is 5.96. The predicted molar refractivity (Wildman–Crippen MR) is 202 cm³/mol. The molecule has 0 aliphatic carbocycles. The number of hydrogen-bond acceptors (Lipinski definition) is 6. The minimum Gasteiger partial charge on any atom is -0.494 e. The second kappa shape index (κ2) is 18.6. The average Bonchev–Trinajstić information content (AvgIpc) is 3.12. The van der Waals surface area contributed by atoms with Crippen LogP contribution in [0.15, 0.2) is 118 Å². The molecular weight excluding hydrogens is 609 g/mol. The van der Waals surface area contributed by atoms with Gasteiger partial charge in [-0.2, -0.15) is 10.2 Å². The van der Waals surface area contributed by atoms with Crippen molar-refractivity contribution in [3.8, 4) is 5.75 Å². The minimum atomic E-state index is -0.361. The van der Waals surface area contributed by atoms with E-state index in [9.17, 15) is 4.39 Å². The van der Waals surface area contributed by atoms with E-state index in [1.807, 2.05) is 31.2 Å². The van der Waals surface area contributed by atoms with Gasteiger partial charge in [-0.3, -0.25) is 0 Å². The Labute approximate surface area is 290 Å². The molecule has 0 aliphatic rings.